The standard InChI is InChI=1S/C15H19NO/c1-15(2,3)14(16)12-8-9-13(17)11-7-5-4-6-10(11)12/h4-9,14,17H,16H2,1-3H3/t14-/m0/s1. The maximum atomic E-state index is 9.84. The van der Waals surface area contributed by atoms with Crippen LogP contribution in [0.25, 0.3) is 10.8 Å². The first-order valence-corrected chi connectivity index (χ1v) is 5.87. The van der Waals surface area contributed by atoms with E-state index in [9.17, 15) is 5.11 Å². The Bertz CT molecular complexity index is 540. The van der Waals surface area contributed by atoms with E-state index < -0.39 is 0 Å². The third kappa shape index (κ3) is 2.13. The Morgan fingerprint density at radius 1 is 1.00 bits per heavy atom. The summed E-state index contributed by atoms with van der Waals surface area (Å²) in [6.07, 6.45) is 0. The van der Waals surface area contributed by atoms with Gasteiger partial charge in [-0.3, -0.25) is 0 Å². The smallest absolute Gasteiger partial charge is 0.123 e. The molecule has 0 saturated carbocycles. The molecule has 2 nitrogen and oxygen atoms in total. The maximum absolute atomic E-state index is 9.84. The highest BCUT2D eigenvalue weighted by Gasteiger charge is 2.24. The minimum Gasteiger partial charge on any atom is -0.507 e. The average Bonchev–Trinajstić information content (AvgIpc) is 2.28. The summed E-state index contributed by atoms with van der Waals surface area (Å²) < 4.78 is 0. The maximum Gasteiger partial charge on any atom is 0.123 e. The van der Waals surface area contributed by atoms with Crippen LogP contribution in [0.2, 0.25) is 0 Å². The van der Waals surface area contributed by atoms with Crippen molar-refractivity contribution in [2.75, 3.05) is 0 Å². The second kappa shape index (κ2) is 4.04. The summed E-state index contributed by atoms with van der Waals surface area (Å²) in [5.74, 6) is 0.311. The third-order valence-corrected chi connectivity index (χ3v) is 3.20. The lowest BCUT2D eigenvalue weighted by atomic mass is 9.81. The highest BCUT2D eigenvalue weighted by Crippen LogP contribution is 2.36. The van der Waals surface area contributed by atoms with Gasteiger partial charge >= 0.3 is 0 Å². The zero-order valence-corrected chi connectivity index (χ0v) is 10.6. The van der Waals surface area contributed by atoms with Gasteiger partial charge in [-0.05, 0) is 22.4 Å². The van der Waals surface area contributed by atoms with Crippen LogP contribution in [0.15, 0.2) is 36.4 Å². The molecular weight excluding hydrogens is 210 g/mol. The van der Waals surface area contributed by atoms with E-state index in [2.05, 4.69) is 20.8 Å². The Kier molecular flexibility index (Phi) is 2.84. The van der Waals surface area contributed by atoms with Crippen LogP contribution in [0, 0.1) is 5.41 Å². The molecule has 2 heteroatoms. The van der Waals surface area contributed by atoms with E-state index in [1.54, 1.807) is 6.07 Å². The number of benzene rings is 2. The first-order valence-electron chi connectivity index (χ1n) is 5.87. The van der Waals surface area contributed by atoms with Gasteiger partial charge in [-0.2, -0.15) is 0 Å². The van der Waals surface area contributed by atoms with E-state index in [-0.39, 0.29) is 11.5 Å². The Morgan fingerprint density at radius 3 is 2.18 bits per heavy atom. The van der Waals surface area contributed by atoms with Crippen LogP contribution in [0.4, 0.5) is 0 Å². The van der Waals surface area contributed by atoms with Crippen LogP contribution in [-0.4, -0.2) is 5.11 Å². The molecule has 0 aromatic heterocycles. The minimum absolute atomic E-state index is 0.000254. The minimum atomic E-state index is -0.0481. The highest BCUT2D eigenvalue weighted by atomic mass is 16.3. The van der Waals surface area contributed by atoms with Crippen molar-refractivity contribution in [3.05, 3.63) is 42.0 Å². The lowest BCUT2D eigenvalue weighted by Crippen LogP contribution is -2.26. The number of nitrogens with two attached hydrogens (primary N) is 1. The lowest BCUT2D eigenvalue weighted by molar-refractivity contribution is 0.328. The van der Waals surface area contributed by atoms with Gasteiger partial charge in [-0.1, -0.05) is 51.1 Å². The number of fused-ring (bicyclic) bond motifs is 1. The van der Waals surface area contributed by atoms with Crippen molar-refractivity contribution in [1.82, 2.24) is 0 Å². The largest absolute Gasteiger partial charge is 0.507 e. The molecule has 0 amide bonds. The number of rotatable bonds is 1. The van der Waals surface area contributed by atoms with Gasteiger partial charge in [-0.25, -0.2) is 0 Å². The summed E-state index contributed by atoms with van der Waals surface area (Å²) >= 11 is 0. The number of aromatic hydroxyl groups is 1. The van der Waals surface area contributed by atoms with Crippen molar-refractivity contribution in [2.24, 2.45) is 11.1 Å². The Balaban J connectivity index is 2.67. The summed E-state index contributed by atoms with van der Waals surface area (Å²) in [6.45, 7) is 6.37. The first kappa shape index (κ1) is 11.9. The topological polar surface area (TPSA) is 46.2 Å². The second-order valence-electron chi connectivity index (χ2n) is 5.56. The summed E-state index contributed by atoms with van der Waals surface area (Å²) in [5.41, 5.74) is 7.40. The highest BCUT2D eigenvalue weighted by molar-refractivity contribution is 5.91. The van der Waals surface area contributed by atoms with Crippen molar-refractivity contribution >= 4 is 10.8 Å². The molecule has 0 bridgehead atoms. The number of phenols is 1. The fraction of sp³-hybridized carbons (Fsp3) is 0.333. The molecule has 2 rings (SSSR count). The van der Waals surface area contributed by atoms with Crippen LogP contribution in [0.3, 0.4) is 0 Å². The van der Waals surface area contributed by atoms with E-state index in [4.69, 9.17) is 5.73 Å². The van der Waals surface area contributed by atoms with Gasteiger partial charge in [0.15, 0.2) is 0 Å². The van der Waals surface area contributed by atoms with Crippen LogP contribution in [0.1, 0.15) is 32.4 Å². The van der Waals surface area contributed by atoms with Gasteiger partial charge in [0.2, 0.25) is 0 Å². The molecule has 0 fully saturated rings. The van der Waals surface area contributed by atoms with Crippen molar-refractivity contribution < 1.29 is 5.11 Å². The molecule has 90 valence electrons. The number of hydrogen-bond donors (Lipinski definition) is 2. The molecule has 2 aromatic carbocycles. The monoisotopic (exact) mass is 229 g/mol. The molecule has 0 aliphatic heterocycles. The molecule has 2 aromatic rings. The van der Waals surface area contributed by atoms with E-state index in [0.717, 1.165) is 16.3 Å². The van der Waals surface area contributed by atoms with Gasteiger partial charge in [0.25, 0.3) is 0 Å². The normalized spacial score (nSPS) is 13.9. The predicted molar refractivity (Wildman–Crippen MR) is 72.0 cm³/mol. The molecule has 0 aliphatic rings. The van der Waals surface area contributed by atoms with Crippen molar-refractivity contribution in [1.29, 1.82) is 0 Å². The molecular formula is C15H19NO. The van der Waals surface area contributed by atoms with Gasteiger partial charge in [0, 0.05) is 11.4 Å². The molecule has 3 N–H and O–H groups in total. The molecule has 0 spiro atoms. The van der Waals surface area contributed by atoms with E-state index >= 15 is 0 Å². The summed E-state index contributed by atoms with van der Waals surface area (Å²) in [7, 11) is 0. The van der Waals surface area contributed by atoms with E-state index in [1.165, 1.54) is 0 Å². The van der Waals surface area contributed by atoms with Gasteiger partial charge < -0.3 is 10.8 Å². The zero-order chi connectivity index (χ0) is 12.6. The second-order valence-corrected chi connectivity index (χ2v) is 5.56. The van der Waals surface area contributed by atoms with Crippen LogP contribution in [-0.2, 0) is 0 Å². The number of hydrogen-bond acceptors (Lipinski definition) is 2. The van der Waals surface area contributed by atoms with Crippen molar-refractivity contribution in [3.63, 3.8) is 0 Å². The number of phenolic OH excluding ortho intramolecular Hbond substituents is 1. The Morgan fingerprint density at radius 2 is 1.59 bits per heavy atom. The third-order valence-electron chi connectivity index (χ3n) is 3.20. The zero-order valence-electron chi connectivity index (χ0n) is 10.6. The SMILES string of the molecule is CC(C)(C)[C@@H](N)c1ccc(O)c2ccccc12. The van der Waals surface area contributed by atoms with Gasteiger partial charge in [-0.15, -0.1) is 0 Å². The quantitative estimate of drug-likeness (QED) is 0.785. The summed E-state index contributed by atoms with van der Waals surface area (Å²) in [4.78, 5) is 0. The molecule has 0 radical (unpaired) electrons. The molecule has 17 heavy (non-hydrogen) atoms. The average molecular weight is 229 g/mol. The molecule has 0 unspecified atom stereocenters. The molecule has 0 heterocycles. The van der Waals surface area contributed by atoms with Crippen molar-refractivity contribution in [2.45, 2.75) is 26.8 Å². The predicted octanol–water partition coefficient (Wildman–Crippen LogP) is 3.59. The molecule has 1 atom stereocenters. The van der Waals surface area contributed by atoms with Crippen molar-refractivity contribution in [3.8, 4) is 5.75 Å². The molecule has 0 saturated heterocycles. The van der Waals surface area contributed by atoms with Crippen LogP contribution >= 0.6 is 0 Å². The van der Waals surface area contributed by atoms with Gasteiger partial charge in [0.05, 0.1) is 0 Å². The van der Waals surface area contributed by atoms with Gasteiger partial charge in [0.1, 0.15) is 5.75 Å². The lowest BCUT2D eigenvalue weighted by Gasteiger charge is -2.28. The first-order chi connectivity index (χ1) is 7.91. The Labute approximate surface area is 102 Å². The summed E-state index contributed by atoms with van der Waals surface area (Å²) in [6, 6.07) is 11.4. The van der Waals surface area contributed by atoms with E-state index in [1.807, 2.05) is 30.3 Å². The fourth-order valence-electron chi connectivity index (χ4n) is 2.04. The van der Waals surface area contributed by atoms with E-state index in [0.29, 0.717) is 5.75 Å². The van der Waals surface area contributed by atoms with Crippen LogP contribution in [0.5, 0.6) is 5.75 Å². The Hall–Kier alpha value is -1.54. The summed E-state index contributed by atoms with van der Waals surface area (Å²) in [5, 5.41) is 11.7. The van der Waals surface area contributed by atoms with Crippen LogP contribution < -0.4 is 5.73 Å². The fourth-order valence-corrected chi connectivity index (χ4v) is 2.04. The molecule has 0 aliphatic carbocycles.